The summed E-state index contributed by atoms with van der Waals surface area (Å²) in [5, 5.41) is 24.0. The molecule has 13 heteroatoms. The summed E-state index contributed by atoms with van der Waals surface area (Å²) >= 11 is 0. The number of carboxylic acid groups (broad SMARTS) is 1. The first kappa shape index (κ1) is 27.2. The van der Waals surface area contributed by atoms with E-state index in [9.17, 15) is 14.7 Å². The molecule has 3 aliphatic heterocycles. The van der Waals surface area contributed by atoms with Crippen molar-refractivity contribution < 1.29 is 43.5 Å². The second kappa shape index (κ2) is 10.2. The number of carbonyl (C=O) groups excluding carboxylic acids is 2. The van der Waals surface area contributed by atoms with Crippen LogP contribution in [0.5, 0.6) is 17.2 Å². The number of primary amides is 1. The summed E-state index contributed by atoms with van der Waals surface area (Å²) in [6.07, 6.45) is -1.33. The van der Waals surface area contributed by atoms with E-state index < -0.39 is 17.7 Å². The predicted molar refractivity (Wildman–Crippen MR) is 133 cm³/mol. The van der Waals surface area contributed by atoms with Crippen LogP contribution in [0.15, 0.2) is 34.7 Å². The van der Waals surface area contributed by atoms with Gasteiger partial charge in [-0.2, -0.15) is 0 Å². The smallest absolute Gasteiger partial charge is 0.402 e. The van der Waals surface area contributed by atoms with Crippen molar-refractivity contribution in [2.45, 2.75) is 31.3 Å². The summed E-state index contributed by atoms with van der Waals surface area (Å²) in [5.41, 5.74) is 5.12. The number of nitrogens with zero attached hydrogens (tertiary/aromatic N) is 1. The molecule has 38 heavy (non-hydrogen) atoms. The molecule has 4 atom stereocenters. The first-order valence-electron chi connectivity index (χ1n) is 11.9. The number of hydrogen-bond donors (Lipinski definition) is 5. The molecular formula is C25H32N4O9. The fourth-order valence-corrected chi connectivity index (χ4v) is 5.79. The molecule has 2 fully saturated rings. The number of allylic oxidation sites excluding steroid dienone is 2. The Morgan fingerprint density at radius 3 is 2.26 bits per heavy atom. The van der Waals surface area contributed by atoms with Gasteiger partial charge in [0.2, 0.25) is 17.3 Å². The third-order valence-corrected chi connectivity index (χ3v) is 7.41. The highest BCUT2D eigenvalue weighted by Gasteiger charge is 2.72. The second-order valence-corrected chi connectivity index (χ2v) is 9.20. The average Bonchev–Trinajstić information content (AvgIpc) is 3.51. The maximum atomic E-state index is 13.7. The van der Waals surface area contributed by atoms with E-state index >= 15 is 0 Å². The molecular weight excluding hydrogens is 500 g/mol. The first-order valence-corrected chi connectivity index (χ1v) is 11.9. The largest absolute Gasteiger partial charge is 0.493 e. The normalized spacial score (nSPS) is 26.8. The van der Waals surface area contributed by atoms with Gasteiger partial charge in [-0.05, 0) is 24.6 Å². The standard InChI is InChI=1S/C24H29N3O7.CH3NO2/c1-11-18(25-8-12-6-15(31-2)22(33-4)16(7-12)32-3)21(30)17-13(10-28)24(34-5)23-14(26-23)9-27(24)19(17)20(11)29;2-1(3)4/h6-7,13-14,23,25-26,28H,8-10H2,1-5H3;2H2,(H,3,4). The third-order valence-electron chi connectivity index (χ3n) is 7.41. The highest BCUT2D eigenvalue weighted by Crippen LogP contribution is 2.55. The van der Waals surface area contributed by atoms with Gasteiger partial charge in [-0.15, -0.1) is 0 Å². The lowest BCUT2D eigenvalue weighted by Gasteiger charge is -2.39. The second-order valence-electron chi connectivity index (χ2n) is 9.20. The number of nitrogens with two attached hydrogens (primary N) is 1. The quantitative estimate of drug-likeness (QED) is 0.218. The van der Waals surface area contributed by atoms with Gasteiger partial charge in [0.05, 0.1) is 51.3 Å². The van der Waals surface area contributed by atoms with Gasteiger partial charge in [-0.3, -0.25) is 9.59 Å². The molecule has 0 spiro atoms. The zero-order chi connectivity index (χ0) is 27.9. The minimum atomic E-state index is -1.33. The van der Waals surface area contributed by atoms with E-state index in [4.69, 9.17) is 28.8 Å². The molecule has 3 heterocycles. The molecule has 1 aliphatic carbocycles. The Labute approximate surface area is 219 Å². The molecule has 6 N–H and O–H groups in total. The highest BCUT2D eigenvalue weighted by atomic mass is 16.5. The lowest BCUT2D eigenvalue weighted by molar-refractivity contribution is -0.137. The van der Waals surface area contributed by atoms with Crippen LogP contribution in [0.2, 0.25) is 0 Å². The van der Waals surface area contributed by atoms with Crippen LogP contribution in [0.4, 0.5) is 4.79 Å². The maximum absolute atomic E-state index is 13.7. The number of carbonyl (C=O) groups is 3. The molecule has 0 saturated carbocycles. The van der Waals surface area contributed by atoms with Crippen molar-refractivity contribution in [3.63, 3.8) is 0 Å². The van der Waals surface area contributed by atoms with Crippen molar-refractivity contribution in [1.82, 2.24) is 15.5 Å². The number of ketones is 2. The molecule has 4 unspecified atom stereocenters. The number of rotatable bonds is 8. The Morgan fingerprint density at radius 2 is 1.76 bits per heavy atom. The van der Waals surface area contributed by atoms with E-state index in [1.165, 1.54) is 21.3 Å². The fourth-order valence-electron chi connectivity index (χ4n) is 5.79. The fraction of sp³-hybridized carbons (Fsp3) is 0.480. The molecule has 5 rings (SSSR count). The van der Waals surface area contributed by atoms with Gasteiger partial charge in [0.25, 0.3) is 0 Å². The lowest BCUT2D eigenvalue weighted by Crippen LogP contribution is -2.54. The number of aliphatic hydroxyl groups is 1. The molecule has 206 valence electrons. The van der Waals surface area contributed by atoms with Gasteiger partial charge in [0.15, 0.2) is 17.2 Å². The summed E-state index contributed by atoms with van der Waals surface area (Å²) in [5.74, 6) is 0.315. The number of ether oxygens (including phenoxy) is 4. The van der Waals surface area contributed by atoms with E-state index in [1.54, 1.807) is 26.2 Å². The van der Waals surface area contributed by atoms with Gasteiger partial charge >= 0.3 is 6.09 Å². The number of Topliss-reactive ketones (excluding diaryl/α,β-unsaturated/α-hetero) is 2. The van der Waals surface area contributed by atoms with E-state index in [2.05, 4.69) is 16.4 Å². The van der Waals surface area contributed by atoms with Crippen LogP contribution in [0.1, 0.15) is 12.5 Å². The number of amides is 1. The SMILES string of the molecule is COc1cc(CNC2=C(C)C(=O)C3=C(C2=O)C(CO)C2(OC)C4NC4CN32)cc(OC)c1OC.NC(=O)O. The van der Waals surface area contributed by atoms with Crippen LogP contribution in [0.3, 0.4) is 0 Å². The summed E-state index contributed by atoms with van der Waals surface area (Å²) in [6, 6.07) is 3.72. The van der Waals surface area contributed by atoms with Crippen molar-refractivity contribution in [3.05, 3.63) is 40.2 Å². The van der Waals surface area contributed by atoms with Crippen LogP contribution < -0.4 is 30.6 Å². The molecule has 13 nitrogen and oxygen atoms in total. The molecule has 2 saturated heterocycles. The molecule has 0 bridgehead atoms. The van der Waals surface area contributed by atoms with Crippen LogP contribution in [-0.2, 0) is 20.9 Å². The predicted octanol–water partition coefficient (Wildman–Crippen LogP) is -0.274. The highest BCUT2D eigenvalue weighted by molar-refractivity contribution is 6.25. The van der Waals surface area contributed by atoms with Crippen molar-refractivity contribution in [1.29, 1.82) is 0 Å². The Morgan fingerprint density at radius 1 is 1.16 bits per heavy atom. The van der Waals surface area contributed by atoms with Gasteiger partial charge < -0.3 is 50.4 Å². The topological polar surface area (TPSA) is 192 Å². The van der Waals surface area contributed by atoms with Gasteiger partial charge in [0, 0.05) is 37.4 Å². The summed E-state index contributed by atoms with van der Waals surface area (Å²) in [6.45, 7) is 2.16. The molecule has 0 radical (unpaired) electrons. The molecule has 4 aliphatic rings. The van der Waals surface area contributed by atoms with Crippen molar-refractivity contribution in [2.24, 2.45) is 11.7 Å². The zero-order valence-corrected chi connectivity index (χ0v) is 21.8. The van der Waals surface area contributed by atoms with Crippen LogP contribution in [0, 0.1) is 5.92 Å². The number of methoxy groups -OCH3 is 4. The monoisotopic (exact) mass is 532 g/mol. The molecule has 0 aromatic heterocycles. The number of hydrogen-bond acceptors (Lipinski definition) is 11. The molecule has 1 aromatic carbocycles. The van der Waals surface area contributed by atoms with Crippen LogP contribution in [-0.4, -0.2) is 92.2 Å². The van der Waals surface area contributed by atoms with E-state index in [0.717, 1.165) is 5.56 Å². The van der Waals surface area contributed by atoms with Crippen LogP contribution in [0.25, 0.3) is 0 Å². The minimum Gasteiger partial charge on any atom is -0.493 e. The van der Waals surface area contributed by atoms with Gasteiger partial charge in [0.1, 0.15) is 0 Å². The number of aliphatic hydroxyl groups excluding tert-OH is 1. The Bertz CT molecular complexity index is 1210. The Balaban J connectivity index is 0.000000786. The Hall–Kier alpha value is -3.81. The first-order chi connectivity index (χ1) is 18.1. The van der Waals surface area contributed by atoms with Gasteiger partial charge in [-0.25, -0.2) is 4.79 Å². The summed E-state index contributed by atoms with van der Waals surface area (Å²) < 4.78 is 22.1. The lowest BCUT2D eigenvalue weighted by atomic mass is 9.82. The third kappa shape index (κ3) is 4.03. The molecule has 1 aromatic rings. The zero-order valence-electron chi connectivity index (χ0n) is 21.8. The van der Waals surface area contributed by atoms with Crippen molar-refractivity contribution in [2.75, 3.05) is 41.6 Å². The molecule has 1 amide bonds. The summed E-state index contributed by atoms with van der Waals surface area (Å²) in [4.78, 5) is 37.8. The maximum Gasteiger partial charge on any atom is 0.402 e. The number of nitrogens with one attached hydrogen (secondary N) is 2. The van der Waals surface area contributed by atoms with Gasteiger partial charge in [-0.1, -0.05) is 0 Å². The van der Waals surface area contributed by atoms with Crippen molar-refractivity contribution in [3.8, 4) is 17.2 Å². The van der Waals surface area contributed by atoms with E-state index in [0.29, 0.717) is 40.6 Å². The number of fused-ring (bicyclic) bond motifs is 4. The van der Waals surface area contributed by atoms with Crippen molar-refractivity contribution >= 4 is 17.7 Å². The summed E-state index contributed by atoms with van der Waals surface area (Å²) in [7, 11) is 6.16. The van der Waals surface area contributed by atoms with E-state index in [1.807, 2.05) is 4.90 Å². The number of piperazine rings is 1. The van der Waals surface area contributed by atoms with E-state index in [-0.39, 0.29) is 42.5 Å². The number of benzene rings is 1. The Kier molecular flexibility index (Phi) is 7.28. The minimum absolute atomic E-state index is 0.0307. The van der Waals surface area contributed by atoms with Crippen LogP contribution >= 0.6 is 0 Å². The average molecular weight is 533 g/mol.